The van der Waals surface area contributed by atoms with Gasteiger partial charge in [-0.3, -0.25) is 4.79 Å². The van der Waals surface area contributed by atoms with Gasteiger partial charge in [0.15, 0.2) is 5.78 Å². The van der Waals surface area contributed by atoms with E-state index in [2.05, 4.69) is 11.9 Å². The molecule has 0 spiro atoms. The Labute approximate surface area is 108 Å². The summed E-state index contributed by atoms with van der Waals surface area (Å²) >= 11 is 5.87. The second-order valence-corrected chi connectivity index (χ2v) is 5.19. The molecule has 0 aliphatic heterocycles. The van der Waals surface area contributed by atoms with Crippen LogP contribution in [-0.4, -0.2) is 30.3 Å². The van der Waals surface area contributed by atoms with E-state index in [0.29, 0.717) is 17.5 Å². The fourth-order valence-corrected chi connectivity index (χ4v) is 2.28. The molecule has 1 fully saturated rings. The van der Waals surface area contributed by atoms with Gasteiger partial charge in [-0.1, -0.05) is 30.2 Å². The lowest BCUT2D eigenvalue weighted by atomic mass is 9.91. The highest BCUT2D eigenvalue weighted by Gasteiger charge is 2.22. The van der Waals surface area contributed by atoms with Crippen LogP contribution in [0.5, 0.6) is 0 Å². The van der Waals surface area contributed by atoms with Crippen LogP contribution in [0, 0.1) is 0 Å². The maximum atomic E-state index is 11.9. The molecule has 1 aromatic rings. The minimum atomic E-state index is 0.179. The Morgan fingerprint density at radius 2 is 2.24 bits per heavy atom. The molecule has 1 aliphatic rings. The third-order valence-corrected chi connectivity index (χ3v) is 3.77. The van der Waals surface area contributed by atoms with Gasteiger partial charge in [-0.2, -0.15) is 0 Å². The lowest BCUT2D eigenvalue weighted by molar-refractivity contribution is 0.0939. The first-order valence-electron chi connectivity index (χ1n) is 6.16. The van der Waals surface area contributed by atoms with Gasteiger partial charge in [0.25, 0.3) is 0 Å². The highest BCUT2D eigenvalue weighted by atomic mass is 35.5. The van der Waals surface area contributed by atoms with Crippen LogP contribution in [0.2, 0.25) is 5.02 Å². The van der Waals surface area contributed by atoms with Gasteiger partial charge in [0, 0.05) is 29.6 Å². The number of hydrogen-bond donors (Lipinski definition) is 0. The second kappa shape index (κ2) is 5.65. The summed E-state index contributed by atoms with van der Waals surface area (Å²) in [6, 6.07) is 7.89. The molecule has 0 saturated heterocycles. The van der Waals surface area contributed by atoms with Crippen molar-refractivity contribution in [2.75, 3.05) is 13.6 Å². The van der Waals surface area contributed by atoms with Crippen molar-refractivity contribution in [1.82, 2.24) is 4.90 Å². The summed E-state index contributed by atoms with van der Waals surface area (Å²) in [5.41, 5.74) is 0.722. The quantitative estimate of drug-likeness (QED) is 0.748. The number of Topliss-reactive ketones (excluding diaryl/α,β-unsaturated/α-hetero) is 1. The number of ketones is 1. The van der Waals surface area contributed by atoms with Crippen LogP contribution in [0.15, 0.2) is 24.3 Å². The lowest BCUT2D eigenvalue weighted by Crippen LogP contribution is -2.38. The molecule has 3 heteroatoms. The fourth-order valence-electron chi connectivity index (χ4n) is 2.09. The van der Waals surface area contributed by atoms with Gasteiger partial charge in [0.05, 0.1) is 0 Å². The van der Waals surface area contributed by atoms with E-state index >= 15 is 0 Å². The van der Waals surface area contributed by atoms with Crippen molar-refractivity contribution in [1.29, 1.82) is 0 Å². The third kappa shape index (κ3) is 3.30. The Morgan fingerprint density at radius 1 is 1.47 bits per heavy atom. The zero-order valence-corrected chi connectivity index (χ0v) is 10.9. The Morgan fingerprint density at radius 3 is 2.82 bits per heavy atom. The van der Waals surface area contributed by atoms with Crippen molar-refractivity contribution < 1.29 is 4.79 Å². The molecule has 0 unspecified atom stereocenters. The van der Waals surface area contributed by atoms with E-state index in [0.717, 1.165) is 12.1 Å². The zero-order valence-electron chi connectivity index (χ0n) is 10.2. The van der Waals surface area contributed by atoms with Gasteiger partial charge in [-0.05, 0) is 32.0 Å². The minimum Gasteiger partial charge on any atom is -0.303 e. The average Bonchev–Trinajstić information content (AvgIpc) is 2.23. The lowest BCUT2D eigenvalue weighted by Gasteiger charge is -2.34. The first-order valence-corrected chi connectivity index (χ1v) is 6.53. The summed E-state index contributed by atoms with van der Waals surface area (Å²) in [6.45, 7) is 0.843. The van der Waals surface area contributed by atoms with E-state index in [-0.39, 0.29) is 5.78 Å². The highest BCUT2D eigenvalue weighted by molar-refractivity contribution is 6.31. The highest BCUT2D eigenvalue weighted by Crippen LogP contribution is 2.23. The maximum Gasteiger partial charge on any atom is 0.164 e. The van der Waals surface area contributed by atoms with Gasteiger partial charge in [-0.25, -0.2) is 0 Å². The summed E-state index contributed by atoms with van der Waals surface area (Å²) in [5, 5.41) is 0.628. The summed E-state index contributed by atoms with van der Waals surface area (Å²) in [5.74, 6) is 0.179. The molecule has 0 atom stereocenters. The summed E-state index contributed by atoms with van der Waals surface area (Å²) in [6.07, 6.45) is 4.47. The fraction of sp³-hybridized carbons (Fsp3) is 0.500. The van der Waals surface area contributed by atoms with E-state index < -0.39 is 0 Å². The average molecular weight is 252 g/mol. The largest absolute Gasteiger partial charge is 0.303 e. The van der Waals surface area contributed by atoms with Crippen LogP contribution >= 0.6 is 11.6 Å². The van der Waals surface area contributed by atoms with Crippen molar-refractivity contribution in [2.45, 2.75) is 31.7 Å². The first-order chi connectivity index (χ1) is 8.16. The SMILES string of the molecule is CN(CCC(=O)c1cccc(Cl)c1)C1CCC1. The molecule has 17 heavy (non-hydrogen) atoms. The second-order valence-electron chi connectivity index (χ2n) is 4.75. The van der Waals surface area contributed by atoms with Crippen LogP contribution in [0.4, 0.5) is 0 Å². The van der Waals surface area contributed by atoms with Gasteiger partial charge in [0.2, 0.25) is 0 Å². The Hall–Kier alpha value is -0.860. The van der Waals surface area contributed by atoms with Crippen molar-refractivity contribution in [3.05, 3.63) is 34.9 Å². The van der Waals surface area contributed by atoms with E-state index in [4.69, 9.17) is 11.6 Å². The number of halogens is 1. The van der Waals surface area contributed by atoms with Gasteiger partial charge < -0.3 is 4.90 Å². The van der Waals surface area contributed by atoms with Crippen LogP contribution < -0.4 is 0 Å². The molecule has 0 radical (unpaired) electrons. The van der Waals surface area contributed by atoms with Crippen molar-refractivity contribution >= 4 is 17.4 Å². The molecule has 0 N–H and O–H groups in total. The molecule has 92 valence electrons. The van der Waals surface area contributed by atoms with E-state index in [1.165, 1.54) is 19.3 Å². The van der Waals surface area contributed by atoms with Gasteiger partial charge >= 0.3 is 0 Å². The van der Waals surface area contributed by atoms with Gasteiger partial charge in [-0.15, -0.1) is 0 Å². The molecule has 0 aromatic heterocycles. The van der Waals surface area contributed by atoms with Crippen molar-refractivity contribution in [2.24, 2.45) is 0 Å². The number of carbonyl (C=O) groups is 1. The Bertz CT molecular complexity index is 401. The standard InChI is InChI=1S/C14H18ClNO/c1-16(13-6-3-7-13)9-8-14(17)11-4-2-5-12(15)10-11/h2,4-5,10,13H,3,6-9H2,1H3. The topological polar surface area (TPSA) is 20.3 Å². The van der Waals surface area contributed by atoms with Gasteiger partial charge in [0.1, 0.15) is 0 Å². The number of hydrogen-bond acceptors (Lipinski definition) is 2. The number of benzene rings is 1. The molecule has 0 amide bonds. The van der Waals surface area contributed by atoms with E-state index in [9.17, 15) is 4.79 Å². The van der Waals surface area contributed by atoms with Crippen LogP contribution in [0.1, 0.15) is 36.0 Å². The van der Waals surface area contributed by atoms with E-state index in [1.807, 2.05) is 12.1 Å². The van der Waals surface area contributed by atoms with Crippen molar-refractivity contribution in [3.8, 4) is 0 Å². The molecular weight excluding hydrogens is 234 g/mol. The van der Waals surface area contributed by atoms with E-state index in [1.54, 1.807) is 12.1 Å². The molecule has 1 aliphatic carbocycles. The number of nitrogens with zero attached hydrogens (tertiary/aromatic N) is 1. The Kier molecular flexibility index (Phi) is 4.19. The van der Waals surface area contributed by atoms with Crippen LogP contribution in [0.3, 0.4) is 0 Å². The number of rotatable bonds is 5. The monoisotopic (exact) mass is 251 g/mol. The Balaban J connectivity index is 1.84. The summed E-state index contributed by atoms with van der Waals surface area (Å²) in [4.78, 5) is 14.2. The predicted octanol–water partition coefficient (Wildman–Crippen LogP) is 3.40. The maximum absolute atomic E-state index is 11.9. The molecule has 2 rings (SSSR count). The zero-order chi connectivity index (χ0) is 12.3. The molecule has 1 saturated carbocycles. The first kappa shape index (κ1) is 12.6. The van der Waals surface area contributed by atoms with Crippen molar-refractivity contribution in [3.63, 3.8) is 0 Å². The minimum absolute atomic E-state index is 0.179. The summed E-state index contributed by atoms with van der Waals surface area (Å²) < 4.78 is 0. The van der Waals surface area contributed by atoms with Crippen LogP contribution in [0.25, 0.3) is 0 Å². The predicted molar refractivity (Wildman–Crippen MR) is 70.7 cm³/mol. The number of carbonyl (C=O) groups excluding carboxylic acids is 1. The third-order valence-electron chi connectivity index (χ3n) is 3.54. The molecule has 0 bridgehead atoms. The molecule has 1 aromatic carbocycles. The normalized spacial score (nSPS) is 15.9. The molecular formula is C14H18ClNO. The van der Waals surface area contributed by atoms with Crippen LogP contribution in [-0.2, 0) is 0 Å². The molecule has 0 heterocycles. The summed E-state index contributed by atoms with van der Waals surface area (Å²) in [7, 11) is 2.11. The molecule has 2 nitrogen and oxygen atoms in total. The smallest absolute Gasteiger partial charge is 0.164 e.